The molecule has 0 aliphatic rings. The molecule has 0 atom stereocenters. The van der Waals surface area contributed by atoms with Crippen LogP contribution in [0, 0.1) is 5.82 Å². The van der Waals surface area contributed by atoms with Crippen molar-refractivity contribution >= 4 is 15.9 Å². The van der Waals surface area contributed by atoms with Crippen molar-refractivity contribution < 1.29 is 9.13 Å². The van der Waals surface area contributed by atoms with Crippen LogP contribution in [-0.2, 0) is 13.0 Å². The van der Waals surface area contributed by atoms with Crippen LogP contribution in [0.2, 0.25) is 0 Å². The topological polar surface area (TPSA) is 21.3 Å². The van der Waals surface area contributed by atoms with Crippen molar-refractivity contribution in [2.45, 2.75) is 20.0 Å². The molecule has 2 rings (SSSR count). The van der Waals surface area contributed by atoms with E-state index in [1.54, 1.807) is 6.07 Å². The third-order valence-corrected chi connectivity index (χ3v) is 3.81. The molecule has 2 nitrogen and oxygen atoms in total. The molecule has 4 heteroatoms. The standard InChI is InChI=1S/C17H19BrFNO/c1-2-20-10-9-13-3-5-14(6-4-13)12-21-17-11-15(19)7-8-16(17)18/h3-8,11,20H,2,9-10,12H2,1H3. The Labute approximate surface area is 133 Å². The third-order valence-electron chi connectivity index (χ3n) is 3.15. The number of hydrogen-bond donors (Lipinski definition) is 1. The molecule has 21 heavy (non-hydrogen) atoms. The van der Waals surface area contributed by atoms with Crippen molar-refractivity contribution in [1.29, 1.82) is 0 Å². The van der Waals surface area contributed by atoms with E-state index in [4.69, 9.17) is 4.74 Å². The van der Waals surface area contributed by atoms with Crippen LogP contribution in [0.4, 0.5) is 4.39 Å². The second-order valence-corrected chi connectivity index (χ2v) is 5.64. The summed E-state index contributed by atoms with van der Waals surface area (Å²) in [4.78, 5) is 0. The van der Waals surface area contributed by atoms with Gasteiger partial charge in [0.2, 0.25) is 0 Å². The lowest BCUT2D eigenvalue weighted by atomic mass is 10.1. The van der Waals surface area contributed by atoms with Crippen molar-refractivity contribution in [2.75, 3.05) is 13.1 Å². The summed E-state index contributed by atoms with van der Waals surface area (Å²) >= 11 is 3.35. The fourth-order valence-corrected chi connectivity index (χ4v) is 2.32. The Bertz CT molecular complexity index is 572. The van der Waals surface area contributed by atoms with Crippen LogP contribution < -0.4 is 10.1 Å². The van der Waals surface area contributed by atoms with Gasteiger partial charge in [0.05, 0.1) is 4.47 Å². The van der Waals surface area contributed by atoms with E-state index in [1.165, 1.54) is 17.7 Å². The van der Waals surface area contributed by atoms with E-state index in [0.29, 0.717) is 12.4 Å². The van der Waals surface area contributed by atoms with Gasteiger partial charge in [0.1, 0.15) is 18.2 Å². The highest BCUT2D eigenvalue weighted by Gasteiger charge is 2.03. The molecule has 0 bridgehead atoms. The maximum Gasteiger partial charge on any atom is 0.136 e. The van der Waals surface area contributed by atoms with Gasteiger partial charge in [-0.25, -0.2) is 4.39 Å². The van der Waals surface area contributed by atoms with E-state index >= 15 is 0 Å². The molecule has 0 aliphatic heterocycles. The van der Waals surface area contributed by atoms with E-state index in [9.17, 15) is 4.39 Å². The van der Waals surface area contributed by atoms with Crippen molar-refractivity contribution in [3.8, 4) is 5.75 Å². The van der Waals surface area contributed by atoms with Gasteiger partial charge in [-0.3, -0.25) is 0 Å². The number of benzene rings is 2. The van der Waals surface area contributed by atoms with E-state index in [2.05, 4.69) is 52.4 Å². The van der Waals surface area contributed by atoms with Crippen molar-refractivity contribution in [3.05, 3.63) is 63.9 Å². The summed E-state index contributed by atoms with van der Waals surface area (Å²) in [5.41, 5.74) is 2.37. The molecular weight excluding hydrogens is 333 g/mol. The van der Waals surface area contributed by atoms with Gasteiger partial charge in [-0.15, -0.1) is 0 Å². The zero-order valence-corrected chi connectivity index (χ0v) is 13.6. The lowest BCUT2D eigenvalue weighted by Crippen LogP contribution is -2.15. The summed E-state index contributed by atoms with van der Waals surface area (Å²) in [6, 6.07) is 12.7. The zero-order chi connectivity index (χ0) is 15.1. The molecule has 0 aromatic heterocycles. The number of likely N-dealkylation sites (N-methyl/N-ethyl adjacent to an activating group) is 1. The van der Waals surface area contributed by atoms with Gasteiger partial charge >= 0.3 is 0 Å². The first-order valence-electron chi connectivity index (χ1n) is 7.05. The van der Waals surface area contributed by atoms with E-state index in [-0.39, 0.29) is 5.82 Å². The van der Waals surface area contributed by atoms with Crippen LogP contribution >= 0.6 is 15.9 Å². The summed E-state index contributed by atoms with van der Waals surface area (Å²) in [7, 11) is 0. The largest absolute Gasteiger partial charge is 0.488 e. The van der Waals surface area contributed by atoms with E-state index < -0.39 is 0 Å². The predicted molar refractivity (Wildman–Crippen MR) is 87.1 cm³/mol. The van der Waals surface area contributed by atoms with Gasteiger partial charge in [-0.1, -0.05) is 31.2 Å². The second kappa shape index (κ2) is 8.15. The van der Waals surface area contributed by atoms with Gasteiger partial charge < -0.3 is 10.1 Å². The average Bonchev–Trinajstić information content (AvgIpc) is 2.50. The maximum absolute atomic E-state index is 13.2. The van der Waals surface area contributed by atoms with Crippen molar-refractivity contribution in [3.63, 3.8) is 0 Å². The minimum Gasteiger partial charge on any atom is -0.488 e. The average molecular weight is 352 g/mol. The summed E-state index contributed by atoms with van der Waals surface area (Å²) in [6.07, 6.45) is 1.02. The summed E-state index contributed by atoms with van der Waals surface area (Å²) in [5.74, 6) is 0.221. The van der Waals surface area contributed by atoms with Crippen LogP contribution in [0.25, 0.3) is 0 Å². The molecule has 1 N–H and O–H groups in total. The molecule has 0 fully saturated rings. The first-order chi connectivity index (χ1) is 10.2. The first-order valence-corrected chi connectivity index (χ1v) is 7.84. The number of nitrogens with one attached hydrogen (secondary N) is 1. The molecule has 112 valence electrons. The fraction of sp³-hybridized carbons (Fsp3) is 0.294. The minimum absolute atomic E-state index is 0.299. The molecule has 0 heterocycles. The van der Waals surface area contributed by atoms with Crippen LogP contribution in [0.15, 0.2) is 46.9 Å². The number of rotatable bonds is 7. The summed E-state index contributed by atoms with van der Waals surface area (Å²) in [6.45, 7) is 4.51. The molecule has 0 saturated carbocycles. The van der Waals surface area contributed by atoms with Gasteiger partial charge in [-0.2, -0.15) is 0 Å². The Kier molecular flexibility index (Phi) is 6.21. The molecule has 0 spiro atoms. The van der Waals surface area contributed by atoms with Crippen LogP contribution in [0.5, 0.6) is 5.75 Å². The minimum atomic E-state index is -0.299. The van der Waals surface area contributed by atoms with Crippen LogP contribution in [-0.4, -0.2) is 13.1 Å². The normalized spacial score (nSPS) is 10.6. The highest BCUT2D eigenvalue weighted by Crippen LogP contribution is 2.26. The Morgan fingerprint density at radius 2 is 1.81 bits per heavy atom. The Balaban J connectivity index is 1.90. The van der Waals surface area contributed by atoms with Crippen LogP contribution in [0.3, 0.4) is 0 Å². The highest BCUT2D eigenvalue weighted by molar-refractivity contribution is 9.10. The molecule has 0 aliphatic carbocycles. The first kappa shape index (κ1) is 16.0. The Morgan fingerprint density at radius 1 is 1.10 bits per heavy atom. The quantitative estimate of drug-likeness (QED) is 0.750. The molecule has 0 amide bonds. The maximum atomic E-state index is 13.2. The SMILES string of the molecule is CCNCCc1ccc(COc2cc(F)ccc2Br)cc1. The molecule has 2 aromatic carbocycles. The van der Waals surface area contributed by atoms with Gasteiger partial charge in [-0.05, 0) is 58.7 Å². The summed E-state index contributed by atoms with van der Waals surface area (Å²) in [5, 5.41) is 3.30. The van der Waals surface area contributed by atoms with Crippen molar-refractivity contribution in [1.82, 2.24) is 5.32 Å². The third kappa shape index (κ3) is 5.14. The van der Waals surface area contributed by atoms with Crippen molar-refractivity contribution in [2.24, 2.45) is 0 Å². The molecule has 0 saturated heterocycles. The smallest absolute Gasteiger partial charge is 0.136 e. The molecular formula is C17H19BrFNO. The van der Waals surface area contributed by atoms with E-state index in [1.807, 2.05) is 0 Å². The second-order valence-electron chi connectivity index (χ2n) is 4.78. The van der Waals surface area contributed by atoms with Gasteiger partial charge in [0, 0.05) is 6.07 Å². The summed E-state index contributed by atoms with van der Waals surface area (Å²) < 4.78 is 19.6. The molecule has 0 radical (unpaired) electrons. The van der Waals surface area contributed by atoms with E-state index in [0.717, 1.165) is 29.5 Å². The number of hydrogen-bond acceptors (Lipinski definition) is 2. The lowest BCUT2D eigenvalue weighted by molar-refractivity contribution is 0.302. The Morgan fingerprint density at radius 3 is 2.52 bits per heavy atom. The van der Waals surface area contributed by atoms with Gasteiger partial charge in [0.25, 0.3) is 0 Å². The fourth-order valence-electron chi connectivity index (χ4n) is 1.96. The zero-order valence-electron chi connectivity index (χ0n) is 12.0. The number of halogens is 2. The lowest BCUT2D eigenvalue weighted by Gasteiger charge is -2.09. The molecule has 0 unspecified atom stereocenters. The number of ether oxygens (including phenoxy) is 1. The molecule has 2 aromatic rings. The highest BCUT2D eigenvalue weighted by atomic mass is 79.9. The predicted octanol–water partition coefficient (Wildman–Crippen LogP) is 4.32. The van der Waals surface area contributed by atoms with Crippen LogP contribution in [0.1, 0.15) is 18.1 Å². The monoisotopic (exact) mass is 351 g/mol. The van der Waals surface area contributed by atoms with Gasteiger partial charge in [0.15, 0.2) is 0 Å². The Hall–Kier alpha value is -1.39.